The molecule has 149 valence electrons. The van der Waals surface area contributed by atoms with Crippen molar-refractivity contribution in [3.8, 4) is 0 Å². The number of aliphatic hydroxyl groups excluding tert-OH is 1. The predicted molar refractivity (Wildman–Crippen MR) is 105 cm³/mol. The molecule has 3 aromatic rings. The van der Waals surface area contributed by atoms with Gasteiger partial charge < -0.3 is 10.6 Å². The molecule has 0 spiro atoms. The minimum Gasteiger partial charge on any atom is -0.412 e. The van der Waals surface area contributed by atoms with Crippen LogP contribution in [0.1, 0.15) is 23.2 Å². The van der Waals surface area contributed by atoms with Gasteiger partial charge in [-0.2, -0.15) is 0 Å². The first kappa shape index (κ1) is 24.0. The van der Waals surface area contributed by atoms with Crippen molar-refractivity contribution in [3.63, 3.8) is 0 Å². The van der Waals surface area contributed by atoms with E-state index in [2.05, 4.69) is 19.9 Å². The minimum absolute atomic E-state index is 0. The standard InChI is InChI=1S/C21H24N4O.H2O.Ru/c26-21(20-9-3-6-14-24-20)17-25(15-10-18-7-1-4-12-22-18)16-11-19-8-2-5-13-23-19;;/h1-9,12-14,21,26H,10-11,15-17H2;1H2;/q;;+1. The molecule has 0 saturated heterocycles. The van der Waals surface area contributed by atoms with E-state index in [0.29, 0.717) is 12.2 Å². The summed E-state index contributed by atoms with van der Waals surface area (Å²) in [6.07, 6.45) is 6.43. The third-order valence-corrected chi connectivity index (χ3v) is 4.28. The smallest absolute Gasteiger partial charge is 0.412 e. The van der Waals surface area contributed by atoms with Gasteiger partial charge in [-0.1, -0.05) is 18.2 Å². The molecular weight excluding hydrogens is 441 g/mol. The SMILES string of the molecule is O.OC(CN(CCc1ccccn1)CCc1ccccn1)c1ccccn1.[Ru+]. The zero-order chi connectivity index (χ0) is 18.0. The molecule has 3 rings (SSSR count). The summed E-state index contributed by atoms with van der Waals surface area (Å²) in [6, 6.07) is 17.5. The maximum atomic E-state index is 10.5. The van der Waals surface area contributed by atoms with Gasteiger partial charge in [-0.05, 0) is 36.4 Å². The number of pyridine rings is 3. The van der Waals surface area contributed by atoms with Crippen LogP contribution in [0.5, 0.6) is 0 Å². The van der Waals surface area contributed by atoms with E-state index in [-0.39, 0.29) is 25.0 Å². The van der Waals surface area contributed by atoms with Gasteiger partial charge in [0, 0.05) is 62.5 Å². The van der Waals surface area contributed by atoms with Crippen LogP contribution in [0.3, 0.4) is 0 Å². The molecule has 6 nitrogen and oxygen atoms in total. The Kier molecular flexibility index (Phi) is 11.3. The van der Waals surface area contributed by atoms with E-state index in [1.807, 2.05) is 67.0 Å². The van der Waals surface area contributed by atoms with Crippen LogP contribution < -0.4 is 0 Å². The molecule has 0 fully saturated rings. The van der Waals surface area contributed by atoms with Gasteiger partial charge >= 0.3 is 19.5 Å². The molecule has 3 heterocycles. The Hall–Kier alpha value is -2.05. The van der Waals surface area contributed by atoms with Crippen molar-refractivity contribution in [2.45, 2.75) is 18.9 Å². The average molecular weight is 468 g/mol. The molecule has 1 radical (unpaired) electrons. The molecule has 1 atom stereocenters. The van der Waals surface area contributed by atoms with Gasteiger partial charge in [-0.3, -0.25) is 19.9 Å². The van der Waals surface area contributed by atoms with Gasteiger partial charge in [0.1, 0.15) is 6.10 Å². The zero-order valence-electron chi connectivity index (χ0n) is 15.6. The quantitative estimate of drug-likeness (QED) is 0.485. The molecule has 0 bridgehead atoms. The summed E-state index contributed by atoms with van der Waals surface area (Å²) in [5, 5.41) is 10.5. The molecule has 1 unspecified atom stereocenters. The van der Waals surface area contributed by atoms with Gasteiger partial charge in [0.25, 0.3) is 0 Å². The Morgan fingerprint density at radius 1 is 0.750 bits per heavy atom. The van der Waals surface area contributed by atoms with Crippen molar-refractivity contribution < 1.29 is 30.1 Å². The fourth-order valence-electron chi connectivity index (χ4n) is 2.84. The van der Waals surface area contributed by atoms with Gasteiger partial charge in [-0.25, -0.2) is 0 Å². The second-order valence-corrected chi connectivity index (χ2v) is 6.21. The van der Waals surface area contributed by atoms with Crippen LogP contribution in [-0.2, 0) is 32.3 Å². The zero-order valence-corrected chi connectivity index (χ0v) is 17.4. The number of rotatable bonds is 9. The van der Waals surface area contributed by atoms with Crippen LogP contribution in [0.4, 0.5) is 0 Å². The third-order valence-electron chi connectivity index (χ3n) is 4.28. The summed E-state index contributed by atoms with van der Waals surface area (Å²) in [5.74, 6) is 0. The first-order valence-corrected chi connectivity index (χ1v) is 8.92. The van der Waals surface area contributed by atoms with Gasteiger partial charge in [0.2, 0.25) is 0 Å². The summed E-state index contributed by atoms with van der Waals surface area (Å²) in [5.41, 5.74) is 2.82. The van der Waals surface area contributed by atoms with Gasteiger partial charge in [0.15, 0.2) is 0 Å². The fourth-order valence-corrected chi connectivity index (χ4v) is 2.84. The van der Waals surface area contributed by atoms with Crippen molar-refractivity contribution in [3.05, 3.63) is 90.3 Å². The number of hydrogen-bond acceptors (Lipinski definition) is 5. The van der Waals surface area contributed by atoms with Crippen molar-refractivity contribution in [2.24, 2.45) is 0 Å². The van der Waals surface area contributed by atoms with E-state index >= 15 is 0 Å². The summed E-state index contributed by atoms with van der Waals surface area (Å²) < 4.78 is 0. The van der Waals surface area contributed by atoms with Crippen LogP contribution in [0.25, 0.3) is 0 Å². The number of hydrogen-bond donors (Lipinski definition) is 1. The number of nitrogens with zero attached hydrogens (tertiary/aromatic N) is 4. The van der Waals surface area contributed by atoms with Crippen LogP contribution in [0.15, 0.2) is 73.2 Å². The molecule has 28 heavy (non-hydrogen) atoms. The molecule has 0 aromatic carbocycles. The third kappa shape index (κ3) is 7.91. The number of aromatic nitrogens is 3. The minimum atomic E-state index is -0.608. The Morgan fingerprint density at radius 2 is 1.25 bits per heavy atom. The molecule has 3 N–H and O–H groups in total. The number of aliphatic hydroxyl groups is 1. The van der Waals surface area contributed by atoms with Crippen LogP contribution in [0.2, 0.25) is 0 Å². The topological polar surface area (TPSA) is 93.6 Å². The maximum Gasteiger partial charge on any atom is 1.00 e. The average Bonchev–Trinajstić information content (AvgIpc) is 2.72. The second-order valence-electron chi connectivity index (χ2n) is 6.21. The van der Waals surface area contributed by atoms with E-state index in [1.54, 1.807) is 6.20 Å². The summed E-state index contributed by atoms with van der Waals surface area (Å²) in [4.78, 5) is 15.3. The van der Waals surface area contributed by atoms with E-state index < -0.39 is 6.10 Å². The molecule has 0 saturated carbocycles. The monoisotopic (exact) mass is 468 g/mol. The molecule has 0 aliphatic carbocycles. The molecule has 3 aromatic heterocycles. The van der Waals surface area contributed by atoms with Crippen molar-refractivity contribution in [2.75, 3.05) is 19.6 Å². The van der Waals surface area contributed by atoms with Crippen molar-refractivity contribution in [1.29, 1.82) is 0 Å². The summed E-state index contributed by atoms with van der Waals surface area (Å²) >= 11 is 0. The second kappa shape index (κ2) is 13.2. The molecule has 7 heteroatoms. The van der Waals surface area contributed by atoms with Crippen molar-refractivity contribution in [1.82, 2.24) is 19.9 Å². The first-order chi connectivity index (χ1) is 12.8. The van der Waals surface area contributed by atoms with Crippen molar-refractivity contribution >= 4 is 0 Å². The fraction of sp³-hybridized carbons (Fsp3) is 0.286. The molecule has 0 amide bonds. The Morgan fingerprint density at radius 3 is 1.68 bits per heavy atom. The molecule has 0 aliphatic rings. The normalized spacial score (nSPS) is 11.4. The molecular formula is C21H26N4O2Ru+. The van der Waals surface area contributed by atoms with Crippen LogP contribution in [-0.4, -0.2) is 50.1 Å². The van der Waals surface area contributed by atoms with E-state index in [1.165, 1.54) is 0 Å². The summed E-state index contributed by atoms with van der Waals surface area (Å²) in [7, 11) is 0. The predicted octanol–water partition coefficient (Wildman–Crippen LogP) is 1.87. The largest absolute Gasteiger partial charge is 1.00 e. The Balaban J connectivity index is 0.00000196. The van der Waals surface area contributed by atoms with E-state index in [9.17, 15) is 5.11 Å². The maximum absolute atomic E-state index is 10.5. The Bertz CT molecular complexity index is 720. The van der Waals surface area contributed by atoms with Crippen LogP contribution in [0, 0.1) is 0 Å². The van der Waals surface area contributed by atoms with Gasteiger partial charge in [0.05, 0.1) is 5.69 Å². The first-order valence-electron chi connectivity index (χ1n) is 8.92. The van der Waals surface area contributed by atoms with E-state index in [0.717, 1.165) is 37.3 Å². The Labute approximate surface area is 178 Å². The van der Waals surface area contributed by atoms with E-state index in [4.69, 9.17) is 0 Å². The molecule has 0 aliphatic heterocycles. The summed E-state index contributed by atoms with van der Waals surface area (Å²) in [6.45, 7) is 2.19. The van der Waals surface area contributed by atoms with Gasteiger partial charge in [-0.15, -0.1) is 0 Å². The van der Waals surface area contributed by atoms with Crippen LogP contribution >= 0.6 is 0 Å².